The zero-order valence-corrected chi connectivity index (χ0v) is 10.6. The van der Waals surface area contributed by atoms with Gasteiger partial charge in [-0.05, 0) is 6.07 Å². The van der Waals surface area contributed by atoms with Crippen LogP contribution in [-0.4, -0.2) is 55.0 Å². The monoisotopic (exact) mass is 252 g/mol. The maximum Gasteiger partial charge on any atom is 0.162 e. The van der Waals surface area contributed by atoms with Crippen LogP contribution < -0.4 is 10.1 Å². The molecule has 3 N–H and O–H groups in total. The summed E-state index contributed by atoms with van der Waals surface area (Å²) in [6.07, 6.45) is 0. The van der Waals surface area contributed by atoms with E-state index in [1.165, 1.54) is 7.11 Å². The van der Waals surface area contributed by atoms with Gasteiger partial charge in [-0.2, -0.15) is 0 Å². The minimum Gasteiger partial charge on any atom is -0.504 e. The number of phenols is 1. The van der Waals surface area contributed by atoms with E-state index in [1.54, 1.807) is 6.07 Å². The second kappa shape index (κ2) is 6.04. The van der Waals surface area contributed by atoms with Crippen molar-refractivity contribution in [3.8, 4) is 11.5 Å². The number of nitrogens with one attached hydrogen (secondary N) is 1. The van der Waals surface area contributed by atoms with Gasteiger partial charge in [-0.1, -0.05) is 12.1 Å². The molecular formula is C13H20N2O3. The lowest BCUT2D eigenvalue weighted by molar-refractivity contribution is 0.108. The number of benzene rings is 1. The molecule has 0 amide bonds. The number of hydrogen-bond donors (Lipinski definition) is 3. The molecule has 18 heavy (non-hydrogen) atoms. The molecule has 1 aliphatic heterocycles. The van der Waals surface area contributed by atoms with Gasteiger partial charge >= 0.3 is 0 Å². The highest BCUT2D eigenvalue weighted by Crippen LogP contribution is 2.35. The molecule has 1 fully saturated rings. The topological polar surface area (TPSA) is 65.0 Å². The van der Waals surface area contributed by atoms with Crippen LogP contribution in [0.15, 0.2) is 18.2 Å². The number of rotatable bonds is 4. The van der Waals surface area contributed by atoms with E-state index in [1.807, 2.05) is 12.1 Å². The van der Waals surface area contributed by atoms with Crippen LogP contribution in [0, 0.1) is 0 Å². The van der Waals surface area contributed by atoms with Gasteiger partial charge in [-0.25, -0.2) is 0 Å². The van der Waals surface area contributed by atoms with Crippen molar-refractivity contribution in [2.75, 3.05) is 39.9 Å². The maximum absolute atomic E-state index is 10.1. The van der Waals surface area contributed by atoms with E-state index < -0.39 is 0 Å². The quantitative estimate of drug-likeness (QED) is 0.721. The summed E-state index contributed by atoms with van der Waals surface area (Å²) in [5.41, 5.74) is 0.721. The summed E-state index contributed by atoms with van der Waals surface area (Å²) < 4.78 is 5.11. The van der Waals surface area contributed by atoms with Crippen molar-refractivity contribution in [2.24, 2.45) is 0 Å². The Balaban J connectivity index is 2.26. The number of ether oxygens (including phenoxy) is 1. The summed E-state index contributed by atoms with van der Waals surface area (Å²) in [5.74, 6) is 0.568. The predicted molar refractivity (Wildman–Crippen MR) is 68.9 cm³/mol. The molecule has 0 aliphatic carbocycles. The molecule has 100 valence electrons. The summed E-state index contributed by atoms with van der Waals surface area (Å²) in [4.78, 5) is 2.17. The third-order valence-electron chi connectivity index (χ3n) is 3.37. The predicted octanol–water partition coefficient (Wildman–Crippen LogP) is 0.339. The zero-order chi connectivity index (χ0) is 13.0. The Bertz CT molecular complexity index is 392. The number of methoxy groups -OCH3 is 1. The largest absolute Gasteiger partial charge is 0.504 e. The number of aliphatic hydroxyl groups excluding tert-OH is 1. The lowest BCUT2D eigenvalue weighted by atomic mass is 10.0. The lowest BCUT2D eigenvalue weighted by Crippen LogP contribution is -2.46. The fraction of sp³-hybridized carbons (Fsp3) is 0.538. The van der Waals surface area contributed by atoms with Crippen LogP contribution in [0.2, 0.25) is 0 Å². The average Bonchev–Trinajstić information content (AvgIpc) is 2.43. The molecule has 1 saturated heterocycles. The van der Waals surface area contributed by atoms with E-state index in [9.17, 15) is 10.2 Å². The lowest BCUT2D eigenvalue weighted by Gasteiger charge is -2.34. The van der Waals surface area contributed by atoms with Crippen LogP contribution in [0.3, 0.4) is 0 Å². The molecular weight excluding hydrogens is 232 g/mol. The molecule has 0 aromatic heterocycles. The zero-order valence-electron chi connectivity index (χ0n) is 10.6. The van der Waals surface area contributed by atoms with Crippen molar-refractivity contribution in [1.82, 2.24) is 10.2 Å². The van der Waals surface area contributed by atoms with Gasteiger partial charge in [0.25, 0.3) is 0 Å². The first-order valence-electron chi connectivity index (χ1n) is 6.19. The summed E-state index contributed by atoms with van der Waals surface area (Å²) >= 11 is 0. The first-order valence-corrected chi connectivity index (χ1v) is 6.19. The number of hydrogen-bond acceptors (Lipinski definition) is 5. The number of aromatic hydroxyl groups is 1. The number of phenolic OH excluding ortho intramolecular Hbond substituents is 1. The van der Waals surface area contributed by atoms with E-state index in [0.717, 1.165) is 31.7 Å². The van der Waals surface area contributed by atoms with Crippen LogP contribution in [0.1, 0.15) is 11.6 Å². The summed E-state index contributed by atoms with van der Waals surface area (Å²) in [6.45, 7) is 3.52. The Labute approximate surface area is 107 Å². The molecule has 1 aromatic rings. The van der Waals surface area contributed by atoms with Gasteiger partial charge in [0.1, 0.15) is 0 Å². The van der Waals surface area contributed by atoms with E-state index in [4.69, 9.17) is 4.74 Å². The highest BCUT2D eigenvalue weighted by molar-refractivity contribution is 5.47. The van der Waals surface area contributed by atoms with E-state index >= 15 is 0 Å². The van der Waals surface area contributed by atoms with E-state index in [-0.39, 0.29) is 18.4 Å². The molecule has 0 bridgehead atoms. The van der Waals surface area contributed by atoms with Gasteiger partial charge in [0, 0.05) is 31.7 Å². The summed E-state index contributed by atoms with van der Waals surface area (Å²) in [7, 11) is 1.53. The summed E-state index contributed by atoms with van der Waals surface area (Å²) in [5, 5.41) is 23.0. The highest BCUT2D eigenvalue weighted by atomic mass is 16.5. The standard InChI is InChI=1S/C13H20N2O3/c1-18-12-4-2-3-10(13(12)17)11(9-16)15-7-5-14-6-8-15/h2-4,11,14,16-17H,5-9H2,1H3/t11-/m0/s1. The SMILES string of the molecule is COc1cccc([C@H](CO)N2CCNCC2)c1O. The Morgan fingerprint density at radius 2 is 2.11 bits per heavy atom. The molecule has 2 rings (SSSR count). The van der Waals surface area contributed by atoms with Crippen LogP contribution >= 0.6 is 0 Å². The molecule has 0 saturated carbocycles. The second-order valence-corrected chi connectivity index (χ2v) is 4.38. The van der Waals surface area contributed by atoms with Crippen LogP contribution in [0.25, 0.3) is 0 Å². The minimum atomic E-state index is -0.179. The number of nitrogens with zero attached hydrogens (tertiary/aromatic N) is 1. The molecule has 0 unspecified atom stereocenters. The van der Waals surface area contributed by atoms with Gasteiger partial charge in [0.15, 0.2) is 11.5 Å². The number of piperazine rings is 1. The van der Waals surface area contributed by atoms with Gasteiger partial charge in [0.2, 0.25) is 0 Å². The second-order valence-electron chi connectivity index (χ2n) is 4.38. The van der Waals surface area contributed by atoms with Crippen LogP contribution in [-0.2, 0) is 0 Å². The van der Waals surface area contributed by atoms with Crippen molar-refractivity contribution in [2.45, 2.75) is 6.04 Å². The third-order valence-corrected chi connectivity index (χ3v) is 3.37. The fourth-order valence-corrected chi connectivity index (χ4v) is 2.38. The molecule has 1 aliphatic rings. The van der Waals surface area contributed by atoms with Crippen molar-refractivity contribution in [3.63, 3.8) is 0 Å². The van der Waals surface area contributed by atoms with Crippen LogP contribution in [0.4, 0.5) is 0 Å². The first kappa shape index (κ1) is 13.1. The van der Waals surface area contributed by atoms with Gasteiger partial charge in [-0.15, -0.1) is 0 Å². The Morgan fingerprint density at radius 3 is 2.72 bits per heavy atom. The number of para-hydroxylation sites is 1. The van der Waals surface area contributed by atoms with Crippen molar-refractivity contribution >= 4 is 0 Å². The molecule has 1 aromatic carbocycles. The van der Waals surface area contributed by atoms with E-state index in [2.05, 4.69) is 10.2 Å². The molecule has 1 heterocycles. The third kappa shape index (κ3) is 2.58. The molecule has 0 spiro atoms. The average molecular weight is 252 g/mol. The number of aliphatic hydroxyl groups is 1. The van der Waals surface area contributed by atoms with Crippen molar-refractivity contribution in [1.29, 1.82) is 0 Å². The minimum absolute atomic E-state index is 0.0132. The molecule has 5 nitrogen and oxygen atoms in total. The highest BCUT2D eigenvalue weighted by Gasteiger charge is 2.24. The smallest absolute Gasteiger partial charge is 0.162 e. The maximum atomic E-state index is 10.1. The first-order chi connectivity index (χ1) is 8.77. The fourth-order valence-electron chi connectivity index (χ4n) is 2.38. The van der Waals surface area contributed by atoms with Crippen molar-refractivity contribution < 1.29 is 14.9 Å². The Kier molecular flexibility index (Phi) is 4.41. The Morgan fingerprint density at radius 1 is 1.39 bits per heavy atom. The molecule has 1 atom stereocenters. The summed E-state index contributed by atoms with van der Waals surface area (Å²) in [6, 6.07) is 5.20. The molecule has 5 heteroatoms. The van der Waals surface area contributed by atoms with Gasteiger partial charge in [0.05, 0.1) is 19.8 Å². The molecule has 0 radical (unpaired) electrons. The van der Waals surface area contributed by atoms with Crippen LogP contribution in [0.5, 0.6) is 11.5 Å². The van der Waals surface area contributed by atoms with Crippen molar-refractivity contribution in [3.05, 3.63) is 23.8 Å². The normalized spacial score (nSPS) is 18.6. The van der Waals surface area contributed by atoms with Gasteiger partial charge < -0.3 is 20.3 Å². The van der Waals surface area contributed by atoms with E-state index in [0.29, 0.717) is 5.75 Å². The van der Waals surface area contributed by atoms with Gasteiger partial charge in [-0.3, -0.25) is 4.90 Å². The Hall–Kier alpha value is -1.30.